The van der Waals surface area contributed by atoms with Crippen molar-refractivity contribution in [3.05, 3.63) is 59.4 Å². The van der Waals surface area contributed by atoms with Crippen molar-refractivity contribution < 1.29 is 9.53 Å². The van der Waals surface area contributed by atoms with Crippen LogP contribution in [0.1, 0.15) is 21.6 Å². The minimum absolute atomic E-state index is 0.333. The van der Waals surface area contributed by atoms with Gasteiger partial charge >= 0.3 is 5.97 Å². The maximum absolute atomic E-state index is 11.5. The number of esters is 1. The quantitative estimate of drug-likeness (QED) is 0.855. The fourth-order valence-electron chi connectivity index (χ4n) is 1.75. The third kappa shape index (κ3) is 3.31. The molecule has 98 valence electrons. The second-order valence-electron chi connectivity index (χ2n) is 4.20. The lowest BCUT2D eigenvalue weighted by atomic mass is 10.1. The van der Waals surface area contributed by atoms with E-state index < -0.39 is 0 Å². The Morgan fingerprint density at radius 2 is 2.16 bits per heavy atom. The normalized spacial score (nSPS) is 10.0. The monoisotopic (exact) mass is 256 g/mol. The second kappa shape index (κ2) is 6.00. The molecule has 2 rings (SSSR count). The van der Waals surface area contributed by atoms with Crippen molar-refractivity contribution in [1.29, 1.82) is 0 Å². The highest BCUT2D eigenvalue weighted by molar-refractivity contribution is 5.90. The van der Waals surface area contributed by atoms with Crippen molar-refractivity contribution in [2.75, 3.05) is 12.4 Å². The number of benzene rings is 1. The fourth-order valence-corrected chi connectivity index (χ4v) is 1.75. The van der Waals surface area contributed by atoms with Crippen LogP contribution in [-0.2, 0) is 11.3 Å². The Hall–Kier alpha value is -2.36. The van der Waals surface area contributed by atoms with E-state index in [9.17, 15) is 4.79 Å². The third-order valence-electron chi connectivity index (χ3n) is 2.84. The first-order valence-electron chi connectivity index (χ1n) is 6.03. The van der Waals surface area contributed by atoms with E-state index in [-0.39, 0.29) is 5.97 Å². The standard InChI is InChI=1S/C15H16N2O2/c1-11-6-7-12(15(18)19-2)9-14(11)17-10-13-5-3-4-8-16-13/h3-9,17H,10H2,1-2H3. The van der Waals surface area contributed by atoms with Crippen LogP contribution in [0.5, 0.6) is 0 Å². The second-order valence-corrected chi connectivity index (χ2v) is 4.20. The van der Waals surface area contributed by atoms with Crippen molar-refractivity contribution in [2.24, 2.45) is 0 Å². The van der Waals surface area contributed by atoms with Crippen LogP contribution in [0.25, 0.3) is 0 Å². The summed E-state index contributed by atoms with van der Waals surface area (Å²) in [5, 5.41) is 3.28. The highest BCUT2D eigenvalue weighted by Gasteiger charge is 2.07. The number of hydrogen-bond donors (Lipinski definition) is 1. The van der Waals surface area contributed by atoms with Gasteiger partial charge in [0.15, 0.2) is 0 Å². The van der Waals surface area contributed by atoms with E-state index >= 15 is 0 Å². The van der Waals surface area contributed by atoms with Gasteiger partial charge in [0.05, 0.1) is 24.9 Å². The van der Waals surface area contributed by atoms with Crippen LogP contribution in [0.4, 0.5) is 5.69 Å². The fraction of sp³-hybridized carbons (Fsp3) is 0.200. The van der Waals surface area contributed by atoms with E-state index in [1.54, 1.807) is 18.3 Å². The van der Waals surface area contributed by atoms with Gasteiger partial charge in [-0.05, 0) is 36.8 Å². The maximum atomic E-state index is 11.5. The molecular weight excluding hydrogens is 240 g/mol. The zero-order chi connectivity index (χ0) is 13.7. The molecule has 2 aromatic rings. The average Bonchev–Trinajstić information content (AvgIpc) is 2.46. The molecule has 0 amide bonds. The van der Waals surface area contributed by atoms with E-state index in [1.165, 1.54) is 7.11 Å². The van der Waals surface area contributed by atoms with Gasteiger partial charge in [-0.2, -0.15) is 0 Å². The van der Waals surface area contributed by atoms with Crippen LogP contribution in [0.15, 0.2) is 42.6 Å². The number of anilines is 1. The first-order chi connectivity index (χ1) is 9.20. The largest absolute Gasteiger partial charge is 0.465 e. The van der Waals surface area contributed by atoms with Crippen LogP contribution in [0.3, 0.4) is 0 Å². The molecule has 1 heterocycles. The summed E-state index contributed by atoms with van der Waals surface area (Å²) in [7, 11) is 1.38. The van der Waals surface area contributed by atoms with E-state index in [0.29, 0.717) is 12.1 Å². The lowest BCUT2D eigenvalue weighted by Crippen LogP contribution is -2.06. The van der Waals surface area contributed by atoms with Crippen molar-refractivity contribution >= 4 is 11.7 Å². The van der Waals surface area contributed by atoms with E-state index in [4.69, 9.17) is 4.74 Å². The summed E-state index contributed by atoms with van der Waals surface area (Å²) < 4.78 is 4.71. The summed E-state index contributed by atoms with van der Waals surface area (Å²) in [4.78, 5) is 15.7. The molecule has 0 atom stereocenters. The summed E-state index contributed by atoms with van der Waals surface area (Å²) in [6.07, 6.45) is 1.76. The molecule has 1 N–H and O–H groups in total. The molecule has 0 aliphatic carbocycles. The minimum atomic E-state index is -0.333. The number of pyridine rings is 1. The number of nitrogens with zero attached hydrogens (tertiary/aromatic N) is 1. The minimum Gasteiger partial charge on any atom is -0.465 e. The molecule has 0 aliphatic rings. The molecule has 0 unspecified atom stereocenters. The first-order valence-corrected chi connectivity index (χ1v) is 6.03. The molecule has 1 aromatic heterocycles. The summed E-state index contributed by atoms with van der Waals surface area (Å²) in [5.41, 5.74) is 3.47. The summed E-state index contributed by atoms with van der Waals surface area (Å²) in [6, 6.07) is 11.2. The van der Waals surface area contributed by atoms with Gasteiger partial charge in [-0.3, -0.25) is 4.98 Å². The van der Waals surface area contributed by atoms with Gasteiger partial charge in [0, 0.05) is 11.9 Å². The molecule has 0 spiro atoms. The smallest absolute Gasteiger partial charge is 0.337 e. The number of rotatable bonds is 4. The molecule has 0 radical (unpaired) electrons. The van der Waals surface area contributed by atoms with Crippen molar-refractivity contribution in [1.82, 2.24) is 4.98 Å². The number of ether oxygens (including phenoxy) is 1. The number of nitrogens with one attached hydrogen (secondary N) is 1. The van der Waals surface area contributed by atoms with Crippen molar-refractivity contribution in [3.8, 4) is 0 Å². The van der Waals surface area contributed by atoms with Crippen LogP contribution < -0.4 is 5.32 Å². The predicted molar refractivity (Wildman–Crippen MR) is 74.1 cm³/mol. The molecule has 0 fully saturated rings. The number of hydrogen-bond acceptors (Lipinski definition) is 4. The van der Waals surface area contributed by atoms with Gasteiger partial charge in [0.25, 0.3) is 0 Å². The Balaban J connectivity index is 2.13. The maximum Gasteiger partial charge on any atom is 0.337 e. The Morgan fingerprint density at radius 1 is 1.32 bits per heavy atom. The lowest BCUT2D eigenvalue weighted by molar-refractivity contribution is 0.0601. The number of methoxy groups -OCH3 is 1. The van der Waals surface area contributed by atoms with Crippen molar-refractivity contribution in [2.45, 2.75) is 13.5 Å². The summed E-state index contributed by atoms with van der Waals surface area (Å²) in [6.45, 7) is 2.61. The van der Waals surface area contributed by atoms with Crippen LogP contribution in [0, 0.1) is 6.92 Å². The Labute approximate surface area is 112 Å². The Morgan fingerprint density at radius 3 is 2.84 bits per heavy atom. The Kier molecular flexibility index (Phi) is 4.13. The molecular formula is C15H16N2O2. The zero-order valence-electron chi connectivity index (χ0n) is 11.0. The molecule has 4 heteroatoms. The van der Waals surface area contributed by atoms with Crippen LogP contribution in [0.2, 0.25) is 0 Å². The van der Waals surface area contributed by atoms with E-state index in [2.05, 4.69) is 10.3 Å². The molecule has 0 bridgehead atoms. The van der Waals surface area contributed by atoms with E-state index in [1.807, 2.05) is 31.2 Å². The highest BCUT2D eigenvalue weighted by atomic mass is 16.5. The van der Waals surface area contributed by atoms with Crippen molar-refractivity contribution in [3.63, 3.8) is 0 Å². The first kappa shape index (κ1) is 13.1. The topological polar surface area (TPSA) is 51.2 Å². The van der Waals surface area contributed by atoms with Gasteiger partial charge in [0.1, 0.15) is 0 Å². The molecule has 0 saturated carbocycles. The Bertz CT molecular complexity index is 568. The lowest BCUT2D eigenvalue weighted by Gasteiger charge is -2.10. The highest BCUT2D eigenvalue weighted by Crippen LogP contribution is 2.18. The predicted octanol–water partition coefficient (Wildman–Crippen LogP) is 2.79. The number of carbonyl (C=O) groups is 1. The van der Waals surface area contributed by atoms with Crippen LogP contribution in [-0.4, -0.2) is 18.1 Å². The molecule has 0 saturated heterocycles. The van der Waals surface area contributed by atoms with E-state index in [0.717, 1.165) is 16.9 Å². The molecule has 4 nitrogen and oxygen atoms in total. The molecule has 0 aliphatic heterocycles. The number of aryl methyl sites for hydroxylation is 1. The SMILES string of the molecule is COC(=O)c1ccc(C)c(NCc2ccccn2)c1. The molecule has 19 heavy (non-hydrogen) atoms. The van der Waals surface area contributed by atoms with Gasteiger partial charge in [-0.15, -0.1) is 0 Å². The van der Waals surface area contributed by atoms with Gasteiger partial charge < -0.3 is 10.1 Å². The van der Waals surface area contributed by atoms with Gasteiger partial charge in [0.2, 0.25) is 0 Å². The zero-order valence-corrected chi connectivity index (χ0v) is 11.0. The van der Waals surface area contributed by atoms with Gasteiger partial charge in [-0.1, -0.05) is 12.1 Å². The average molecular weight is 256 g/mol. The number of aromatic nitrogens is 1. The summed E-state index contributed by atoms with van der Waals surface area (Å²) >= 11 is 0. The van der Waals surface area contributed by atoms with Crippen LogP contribution >= 0.6 is 0 Å². The number of carbonyl (C=O) groups excluding carboxylic acids is 1. The molecule has 1 aromatic carbocycles. The van der Waals surface area contributed by atoms with Gasteiger partial charge in [-0.25, -0.2) is 4.79 Å². The summed E-state index contributed by atoms with van der Waals surface area (Å²) in [5.74, 6) is -0.333. The third-order valence-corrected chi connectivity index (χ3v) is 2.84.